The summed E-state index contributed by atoms with van der Waals surface area (Å²) in [6.07, 6.45) is 5.14. The number of hydrogen-bond acceptors (Lipinski definition) is 6. The van der Waals surface area contributed by atoms with Gasteiger partial charge in [0.1, 0.15) is 10.5 Å². The summed E-state index contributed by atoms with van der Waals surface area (Å²) >= 11 is 0. The lowest BCUT2D eigenvalue weighted by atomic mass is 9.82. The van der Waals surface area contributed by atoms with Gasteiger partial charge in [-0.1, -0.05) is 19.3 Å². The van der Waals surface area contributed by atoms with Crippen molar-refractivity contribution < 1.29 is 18.9 Å². The summed E-state index contributed by atoms with van der Waals surface area (Å²) in [5.74, 6) is -0.714. The van der Waals surface area contributed by atoms with E-state index < -0.39 is 22.4 Å². The molecule has 3 rings (SSSR count). The van der Waals surface area contributed by atoms with Gasteiger partial charge in [0.05, 0.1) is 12.3 Å². The maximum atomic E-state index is 12.4. The summed E-state index contributed by atoms with van der Waals surface area (Å²) in [5, 5.41) is 17.8. The summed E-state index contributed by atoms with van der Waals surface area (Å²) in [4.78, 5) is 34.2. The topological polar surface area (TPSA) is 118 Å². The van der Waals surface area contributed by atoms with Crippen molar-refractivity contribution in [2.24, 2.45) is 5.10 Å². The Balaban J connectivity index is 1.76. The fraction of sp³-hybridized carbons (Fsp3) is 0.462. The summed E-state index contributed by atoms with van der Waals surface area (Å²) in [6.45, 7) is 0. The highest BCUT2D eigenvalue weighted by atomic mass is 16.6. The van der Waals surface area contributed by atoms with Crippen LogP contribution in [0.2, 0.25) is 0 Å². The number of amides is 3. The maximum Gasteiger partial charge on any atom is 0.433 e. The van der Waals surface area contributed by atoms with Gasteiger partial charge >= 0.3 is 11.9 Å². The second kappa shape index (κ2) is 5.24. The maximum absolute atomic E-state index is 12.4. The van der Waals surface area contributed by atoms with Gasteiger partial charge in [-0.3, -0.25) is 14.9 Å². The molecule has 9 heteroatoms. The number of urea groups is 1. The number of hydrazone groups is 1. The van der Waals surface area contributed by atoms with E-state index >= 15 is 0 Å². The van der Waals surface area contributed by atoms with Crippen LogP contribution in [0.3, 0.4) is 0 Å². The zero-order valence-corrected chi connectivity index (χ0v) is 11.7. The third kappa shape index (κ3) is 2.34. The lowest BCUT2D eigenvalue weighted by molar-refractivity contribution is -0.402. The highest BCUT2D eigenvalue weighted by Crippen LogP contribution is 2.33. The predicted octanol–water partition coefficient (Wildman–Crippen LogP) is 1.78. The van der Waals surface area contributed by atoms with Crippen LogP contribution >= 0.6 is 0 Å². The molecule has 1 spiro atoms. The van der Waals surface area contributed by atoms with E-state index in [2.05, 4.69) is 10.4 Å². The van der Waals surface area contributed by atoms with Crippen LogP contribution in [0, 0.1) is 10.1 Å². The van der Waals surface area contributed by atoms with E-state index in [9.17, 15) is 19.7 Å². The first kappa shape index (κ1) is 14.2. The van der Waals surface area contributed by atoms with Crippen molar-refractivity contribution >= 4 is 24.0 Å². The van der Waals surface area contributed by atoms with Crippen LogP contribution in [0.1, 0.15) is 37.9 Å². The van der Waals surface area contributed by atoms with Crippen LogP contribution in [0.25, 0.3) is 0 Å². The monoisotopic (exact) mass is 306 g/mol. The molecule has 1 N–H and O–H groups in total. The predicted molar refractivity (Wildman–Crippen MR) is 74.2 cm³/mol. The van der Waals surface area contributed by atoms with Crippen molar-refractivity contribution in [2.45, 2.75) is 37.6 Å². The van der Waals surface area contributed by atoms with Crippen molar-refractivity contribution in [2.75, 3.05) is 0 Å². The molecule has 116 valence electrons. The van der Waals surface area contributed by atoms with Gasteiger partial charge in [-0.2, -0.15) is 5.10 Å². The Morgan fingerprint density at radius 3 is 2.68 bits per heavy atom. The molecule has 2 aliphatic rings. The Labute approximate surface area is 125 Å². The number of hydrogen-bond donors (Lipinski definition) is 1. The molecule has 0 radical (unpaired) electrons. The highest BCUT2D eigenvalue weighted by molar-refractivity contribution is 6.07. The molecule has 0 aromatic carbocycles. The Kier molecular flexibility index (Phi) is 3.39. The molecule has 1 aliphatic heterocycles. The third-order valence-corrected chi connectivity index (χ3v) is 3.94. The first-order valence-corrected chi connectivity index (χ1v) is 6.97. The minimum atomic E-state index is -0.845. The van der Waals surface area contributed by atoms with E-state index in [4.69, 9.17) is 4.42 Å². The molecule has 3 amide bonds. The van der Waals surface area contributed by atoms with E-state index in [0.29, 0.717) is 12.8 Å². The molecule has 2 fully saturated rings. The molecular formula is C13H14N4O5. The van der Waals surface area contributed by atoms with E-state index in [1.165, 1.54) is 12.1 Å². The first-order chi connectivity index (χ1) is 10.5. The van der Waals surface area contributed by atoms with Gasteiger partial charge in [0.25, 0.3) is 5.91 Å². The lowest BCUT2D eigenvalue weighted by Gasteiger charge is -2.29. The summed E-state index contributed by atoms with van der Waals surface area (Å²) in [7, 11) is 0. The Bertz CT molecular complexity index is 659. The van der Waals surface area contributed by atoms with Gasteiger partial charge in [0.2, 0.25) is 0 Å². The molecular weight excluding hydrogens is 292 g/mol. The van der Waals surface area contributed by atoms with Crippen molar-refractivity contribution in [1.29, 1.82) is 0 Å². The number of rotatable bonds is 3. The van der Waals surface area contributed by atoms with Crippen LogP contribution in [-0.2, 0) is 4.79 Å². The van der Waals surface area contributed by atoms with Crippen LogP contribution in [-0.4, -0.2) is 33.6 Å². The van der Waals surface area contributed by atoms with Gasteiger partial charge < -0.3 is 9.73 Å². The van der Waals surface area contributed by atoms with Gasteiger partial charge in [-0.15, -0.1) is 5.01 Å². The molecule has 0 unspecified atom stereocenters. The minimum absolute atomic E-state index is 0.0943. The Hall–Kier alpha value is -2.71. The zero-order valence-electron chi connectivity index (χ0n) is 11.7. The molecule has 0 atom stereocenters. The first-order valence-electron chi connectivity index (χ1n) is 6.97. The summed E-state index contributed by atoms with van der Waals surface area (Å²) in [6, 6.07) is 1.94. The average molecular weight is 306 g/mol. The minimum Gasteiger partial charge on any atom is -0.400 e. The number of carbonyl (C=O) groups is 2. The fourth-order valence-electron chi connectivity index (χ4n) is 2.83. The van der Waals surface area contributed by atoms with Gasteiger partial charge in [0.15, 0.2) is 5.76 Å². The molecule has 1 aromatic rings. The molecule has 9 nitrogen and oxygen atoms in total. The smallest absolute Gasteiger partial charge is 0.400 e. The zero-order chi connectivity index (χ0) is 15.7. The fourth-order valence-corrected chi connectivity index (χ4v) is 2.83. The number of carbonyl (C=O) groups excluding carboxylic acids is 2. The SMILES string of the molecule is O=C1NC2(CCCCC2)C(=O)N1/N=C\c1ccc([N+](=O)[O-])o1. The van der Waals surface area contributed by atoms with Crippen LogP contribution in [0.5, 0.6) is 0 Å². The van der Waals surface area contributed by atoms with Crippen molar-refractivity contribution in [3.8, 4) is 0 Å². The number of nitrogens with one attached hydrogen (secondary N) is 1. The van der Waals surface area contributed by atoms with Crippen molar-refractivity contribution in [3.63, 3.8) is 0 Å². The molecule has 2 heterocycles. The number of nitro groups is 1. The van der Waals surface area contributed by atoms with Crippen LogP contribution in [0.15, 0.2) is 21.7 Å². The molecule has 1 saturated carbocycles. The quantitative estimate of drug-likeness (QED) is 0.395. The van der Waals surface area contributed by atoms with E-state index in [-0.39, 0.29) is 11.7 Å². The molecule has 1 aromatic heterocycles. The standard InChI is InChI=1S/C13H14N4O5/c18-11-13(6-2-1-3-7-13)15-12(19)16(11)14-8-9-4-5-10(22-9)17(20)21/h4-5,8H,1-3,6-7H2,(H,15,19)/b14-8-. The van der Waals surface area contributed by atoms with Crippen molar-refractivity contribution in [1.82, 2.24) is 10.3 Å². The average Bonchev–Trinajstić information content (AvgIpc) is 3.04. The number of nitrogens with zero attached hydrogens (tertiary/aromatic N) is 3. The van der Waals surface area contributed by atoms with Crippen molar-refractivity contribution in [3.05, 3.63) is 28.0 Å². The van der Waals surface area contributed by atoms with E-state index in [0.717, 1.165) is 30.5 Å². The van der Waals surface area contributed by atoms with Gasteiger partial charge in [-0.25, -0.2) is 4.79 Å². The lowest BCUT2D eigenvalue weighted by Crippen LogP contribution is -2.48. The van der Waals surface area contributed by atoms with E-state index in [1.807, 2.05) is 0 Å². The number of furan rings is 1. The Morgan fingerprint density at radius 1 is 1.32 bits per heavy atom. The highest BCUT2D eigenvalue weighted by Gasteiger charge is 2.51. The second-order valence-electron chi connectivity index (χ2n) is 5.37. The van der Waals surface area contributed by atoms with Crippen LogP contribution in [0.4, 0.5) is 10.7 Å². The molecule has 22 heavy (non-hydrogen) atoms. The van der Waals surface area contributed by atoms with E-state index in [1.54, 1.807) is 0 Å². The normalized spacial score (nSPS) is 20.8. The Morgan fingerprint density at radius 2 is 2.05 bits per heavy atom. The van der Waals surface area contributed by atoms with Crippen LogP contribution < -0.4 is 5.32 Å². The summed E-state index contributed by atoms with van der Waals surface area (Å²) in [5.41, 5.74) is -0.845. The number of imide groups is 1. The third-order valence-electron chi connectivity index (χ3n) is 3.94. The van der Waals surface area contributed by atoms with Gasteiger partial charge in [-0.05, 0) is 18.9 Å². The molecule has 1 aliphatic carbocycles. The molecule has 1 saturated heterocycles. The van der Waals surface area contributed by atoms with Gasteiger partial charge in [0, 0.05) is 0 Å². The largest absolute Gasteiger partial charge is 0.433 e. The second-order valence-corrected chi connectivity index (χ2v) is 5.37. The molecule has 0 bridgehead atoms. The summed E-state index contributed by atoms with van der Waals surface area (Å²) < 4.78 is 4.89.